The van der Waals surface area contributed by atoms with E-state index in [1.165, 1.54) is 0 Å². The van der Waals surface area contributed by atoms with E-state index in [0.29, 0.717) is 13.0 Å². The molecule has 1 amide bonds. The number of ether oxygens (including phenoxy) is 1. The van der Waals surface area contributed by atoms with Crippen LogP contribution in [0.3, 0.4) is 0 Å². The van der Waals surface area contributed by atoms with Crippen molar-refractivity contribution < 1.29 is 14.3 Å². The summed E-state index contributed by atoms with van der Waals surface area (Å²) in [7, 11) is 0. The van der Waals surface area contributed by atoms with Crippen LogP contribution in [0.4, 0.5) is 5.69 Å². The van der Waals surface area contributed by atoms with Gasteiger partial charge < -0.3 is 9.64 Å². The summed E-state index contributed by atoms with van der Waals surface area (Å²) in [6.07, 6.45) is 1.35. The van der Waals surface area contributed by atoms with Crippen molar-refractivity contribution in [2.45, 2.75) is 33.3 Å². The number of benzene rings is 2. The number of para-hydroxylation sites is 1. The van der Waals surface area contributed by atoms with Crippen LogP contribution in [0.5, 0.6) is 0 Å². The molecule has 1 fully saturated rings. The molecule has 1 aliphatic rings. The van der Waals surface area contributed by atoms with E-state index in [1.807, 2.05) is 62.4 Å². The van der Waals surface area contributed by atoms with Crippen LogP contribution in [0.1, 0.15) is 29.5 Å². The van der Waals surface area contributed by atoms with Crippen LogP contribution in [0, 0.1) is 19.8 Å². The lowest BCUT2D eigenvalue weighted by atomic mass is 9.95. The molecule has 130 valence electrons. The van der Waals surface area contributed by atoms with E-state index < -0.39 is 11.9 Å². The zero-order valence-corrected chi connectivity index (χ0v) is 14.7. The van der Waals surface area contributed by atoms with Crippen LogP contribution < -0.4 is 4.90 Å². The van der Waals surface area contributed by atoms with Crippen LogP contribution in [-0.4, -0.2) is 18.4 Å². The molecule has 2 aromatic carbocycles. The first-order valence-electron chi connectivity index (χ1n) is 8.66. The van der Waals surface area contributed by atoms with E-state index >= 15 is 0 Å². The van der Waals surface area contributed by atoms with Crippen molar-refractivity contribution in [2.75, 3.05) is 11.4 Å². The number of piperidine rings is 1. The summed E-state index contributed by atoms with van der Waals surface area (Å²) < 4.78 is 5.40. The summed E-state index contributed by atoms with van der Waals surface area (Å²) in [5.41, 5.74) is 3.94. The molecule has 25 heavy (non-hydrogen) atoms. The van der Waals surface area contributed by atoms with E-state index in [9.17, 15) is 9.59 Å². The maximum absolute atomic E-state index is 12.9. The topological polar surface area (TPSA) is 46.6 Å². The van der Waals surface area contributed by atoms with Crippen LogP contribution in [-0.2, 0) is 20.9 Å². The lowest BCUT2D eigenvalue weighted by molar-refractivity contribution is -0.154. The minimum absolute atomic E-state index is 0.151. The Morgan fingerprint density at radius 1 is 1.08 bits per heavy atom. The smallest absolute Gasteiger partial charge is 0.318 e. The monoisotopic (exact) mass is 337 g/mol. The van der Waals surface area contributed by atoms with Gasteiger partial charge in [-0.1, -0.05) is 48.5 Å². The number of amides is 1. The second kappa shape index (κ2) is 7.51. The van der Waals surface area contributed by atoms with Crippen molar-refractivity contribution in [3.05, 3.63) is 65.2 Å². The number of carbonyl (C=O) groups is 2. The highest BCUT2D eigenvalue weighted by Crippen LogP contribution is 2.30. The Hall–Kier alpha value is -2.62. The predicted molar refractivity (Wildman–Crippen MR) is 97.2 cm³/mol. The van der Waals surface area contributed by atoms with Gasteiger partial charge in [0, 0.05) is 12.2 Å². The molecule has 1 atom stereocenters. The number of esters is 1. The molecule has 4 nitrogen and oxygen atoms in total. The Balaban J connectivity index is 1.72. The molecule has 1 aliphatic heterocycles. The summed E-state index contributed by atoms with van der Waals surface area (Å²) >= 11 is 0. The van der Waals surface area contributed by atoms with Crippen molar-refractivity contribution in [3.8, 4) is 0 Å². The number of nitrogens with zero attached hydrogens (tertiary/aromatic N) is 1. The predicted octanol–water partition coefficient (Wildman–Crippen LogP) is 3.79. The van der Waals surface area contributed by atoms with E-state index in [4.69, 9.17) is 4.74 Å². The summed E-state index contributed by atoms with van der Waals surface area (Å²) in [4.78, 5) is 27.1. The van der Waals surface area contributed by atoms with Crippen LogP contribution >= 0.6 is 0 Å². The zero-order valence-electron chi connectivity index (χ0n) is 14.7. The minimum atomic E-state index is -0.712. The number of hydrogen-bond acceptors (Lipinski definition) is 3. The molecule has 0 saturated carbocycles. The fourth-order valence-electron chi connectivity index (χ4n) is 3.38. The third-order valence-electron chi connectivity index (χ3n) is 4.66. The minimum Gasteiger partial charge on any atom is -0.460 e. The summed E-state index contributed by atoms with van der Waals surface area (Å²) in [6.45, 7) is 4.83. The fourth-order valence-corrected chi connectivity index (χ4v) is 3.38. The summed E-state index contributed by atoms with van der Waals surface area (Å²) in [5, 5.41) is 0. The third kappa shape index (κ3) is 3.73. The molecule has 4 heteroatoms. The lowest BCUT2D eigenvalue weighted by Gasteiger charge is -2.33. The first-order chi connectivity index (χ1) is 12.1. The average molecular weight is 337 g/mol. The highest BCUT2D eigenvalue weighted by Gasteiger charge is 2.36. The summed E-state index contributed by atoms with van der Waals surface area (Å²) in [5.74, 6) is -1.29. The molecule has 0 aliphatic carbocycles. The van der Waals surface area contributed by atoms with Crippen molar-refractivity contribution in [3.63, 3.8) is 0 Å². The molecule has 1 saturated heterocycles. The molecule has 3 rings (SSSR count). The molecular weight excluding hydrogens is 314 g/mol. The molecule has 1 heterocycles. The number of aryl methyl sites for hydroxylation is 2. The maximum Gasteiger partial charge on any atom is 0.318 e. The van der Waals surface area contributed by atoms with Gasteiger partial charge in [0.05, 0.1) is 0 Å². The Bertz CT molecular complexity index is 750. The second-order valence-corrected chi connectivity index (χ2v) is 6.52. The normalized spacial score (nSPS) is 17.4. The fraction of sp³-hybridized carbons (Fsp3) is 0.333. The van der Waals surface area contributed by atoms with Gasteiger partial charge in [-0.2, -0.15) is 0 Å². The number of carbonyl (C=O) groups excluding carboxylic acids is 2. The van der Waals surface area contributed by atoms with Gasteiger partial charge in [0.2, 0.25) is 5.91 Å². The molecule has 0 radical (unpaired) electrons. The van der Waals surface area contributed by atoms with Crippen molar-refractivity contribution in [1.82, 2.24) is 0 Å². The first kappa shape index (κ1) is 17.2. The SMILES string of the molecule is Cc1cccc(C)c1N1CCCC(C(=O)OCc2ccccc2)C1=O. The van der Waals surface area contributed by atoms with Gasteiger partial charge in [-0.25, -0.2) is 0 Å². The molecule has 0 spiro atoms. The first-order valence-corrected chi connectivity index (χ1v) is 8.66. The van der Waals surface area contributed by atoms with E-state index in [1.54, 1.807) is 4.90 Å². The number of anilines is 1. The number of rotatable bonds is 4. The quantitative estimate of drug-likeness (QED) is 0.630. The van der Waals surface area contributed by atoms with Crippen LogP contribution in [0.2, 0.25) is 0 Å². The largest absolute Gasteiger partial charge is 0.460 e. The average Bonchev–Trinajstić information content (AvgIpc) is 2.62. The van der Waals surface area contributed by atoms with Crippen molar-refractivity contribution >= 4 is 17.6 Å². The van der Waals surface area contributed by atoms with Crippen LogP contribution in [0.25, 0.3) is 0 Å². The Morgan fingerprint density at radius 2 is 1.76 bits per heavy atom. The summed E-state index contributed by atoms with van der Waals surface area (Å²) in [6, 6.07) is 15.5. The maximum atomic E-state index is 12.9. The second-order valence-electron chi connectivity index (χ2n) is 6.52. The zero-order chi connectivity index (χ0) is 17.8. The molecule has 0 aromatic heterocycles. The van der Waals surface area contributed by atoms with Crippen LogP contribution in [0.15, 0.2) is 48.5 Å². The molecule has 0 N–H and O–H groups in total. The van der Waals surface area contributed by atoms with Gasteiger partial charge in [0.25, 0.3) is 0 Å². The van der Waals surface area contributed by atoms with E-state index in [2.05, 4.69) is 0 Å². The standard InChI is InChI=1S/C21H23NO3/c1-15-8-6-9-16(2)19(15)22-13-7-12-18(20(22)23)21(24)25-14-17-10-4-3-5-11-17/h3-6,8-11,18H,7,12-14H2,1-2H3. The van der Waals surface area contributed by atoms with Gasteiger partial charge >= 0.3 is 5.97 Å². The Labute approximate surface area is 148 Å². The van der Waals surface area contributed by atoms with Crippen molar-refractivity contribution in [2.24, 2.45) is 5.92 Å². The Morgan fingerprint density at radius 3 is 2.44 bits per heavy atom. The molecule has 2 aromatic rings. The lowest BCUT2D eigenvalue weighted by Crippen LogP contribution is -2.45. The Kier molecular flexibility index (Phi) is 5.17. The third-order valence-corrected chi connectivity index (χ3v) is 4.66. The van der Waals surface area contributed by atoms with E-state index in [-0.39, 0.29) is 12.5 Å². The van der Waals surface area contributed by atoms with E-state index in [0.717, 1.165) is 28.8 Å². The highest BCUT2D eigenvalue weighted by atomic mass is 16.5. The van der Waals surface area contributed by atoms with Gasteiger partial charge in [-0.3, -0.25) is 9.59 Å². The number of hydrogen-bond donors (Lipinski definition) is 0. The molecule has 0 bridgehead atoms. The van der Waals surface area contributed by atoms with Gasteiger partial charge in [0.15, 0.2) is 0 Å². The van der Waals surface area contributed by atoms with Gasteiger partial charge in [-0.15, -0.1) is 0 Å². The van der Waals surface area contributed by atoms with Crippen molar-refractivity contribution in [1.29, 1.82) is 0 Å². The highest BCUT2D eigenvalue weighted by molar-refractivity contribution is 6.07. The molecule has 1 unspecified atom stereocenters. The van der Waals surface area contributed by atoms with Gasteiger partial charge in [-0.05, 0) is 43.4 Å². The van der Waals surface area contributed by atoms with Gasteiger partial charge in [0.1, 0.15) is 12.5 Å². The molecular formula is C21H23NO3.